The zero-order valence-corrected chi connectivity index (χ0v) is 15.8. The molecule has 25 heavy (non-hydrogen) atoms. The third-order valence-corrected chi connectivity index (χ3v) is 4.67. The van der Waals surface area contributed by atoms with Gasteiger partial charge in [0.25, 0.3) is 11.8 Å². The number of carbonyl (C=O) groups is 2. The highest BCUT2D eigenvalue weighted by molar-refractivity contribution is 6.04. The number of anilines is 1. The highest BCUT2D eigenvalue weighted by Crippen LogP contribution is 2.34. The summed E-state index contributed by atoms with van der Waals surface area (Å²) >= 11 is 0. The van der Waals surface area contributed by atoms with Crippen LogP contribution in [0.15, 0.2) is 18.2 Å². The van der Waals surface area contributed by atoms with E-state index in [2.05, 4.69) is 26.1 Å². The van der Waals surface area contributed by atoms with Gasteiger partial charge in [-0.15, -0.1) is 0 Å². The molecule has 5 nitrogen and oxygen atoms in total. The van der Waals surface area contributed by atoms with Gasteiger partial charge in [-0.3, -0.25) is 9.59 Å². The van der Waals surface area contributed by atoms with E-state index < -0.39 is 6.10 Å². The van der Waals surface area contributed by atoms with Crippen LogP contribution in [-0.2, 0) is 4.79 Å². The first-order valence-electron chi connectivity index (χ1n) is 9.41. The van der Waals surface area contributed by atoms with Crippen molar-refractivity contribution < 1.29 is 14.3 Å². The van der Waals surface area contributed by atoms with E-state index in [0.29, 0.717) is 17.0 Å². The smallest absolute Gasteiger partial charge is 0.265 e. The molecule has 5 heteroatoms. The second-order valence-electron chi connectivity index (χ2n) is 6.77. The fourth-order valence-electron chi connectivity index (χ4n) is 3.18. The summed E-state index contributed by atoms with van der Waals surface area (Å²) in [5, 5.41) is 2.82. The van der Waals surface area contributed by atoms with Gasteiger partial charge in [-0.2, -0.15) is 0 Å². The molecule has 2 rings (SSSR count). The van der Waals surface area contributed by atoms with Gasteiger partial charge in [-0.1, -0.05) is 39.2 Å². The van der Waals surface area contributed by atoms with Crippen LogP contribution >= 0.6 is 0 Å². The summed E-state index contributed by atoms with van der Waals surface area (Å²) in [6, 6.07) is 5.53. The van der Waals surface area contributed by atoms with Crippen molar-refractivity contribution in [2.75, 3.05) is 11.9 Å². The van der Waals surface area contributed by atoms with Crippen molar-refractivity contribution in [3.63, 3.8) is 0 Å². The van der Waals surface area contributed by atoms with Crippen molar-refractivity contribution in [1.82, 2.24) is 4.90 Å². The molecule has 138 valence electrons. The summed E-state index contributed by atoms with van der Waals surface area (Å²) in [7, 11) is 0. The van der Waals surface area contributed by atoms with Gasteiger partial charge in [0.1, 0.15) is 0 Å². The molecule has 0 aliphatic carbocycles. The summed E-state index contributed by atoms with van der Waals surface area (Å²) < 4.78 is 5.75. The lowest BCUT2D eigenvalue weighted by atomic mass is 10.1. The summed E-state index contributed by atoms with van der Waals surface area (Å²) in [4.78, 5) is 27.0. The minimum absolute atomic E-state index is 0.0164. The van der Waals surface area contributed by atoms with E-state index >= 15 is 0 Å². The highest BCUT2D eigenvalue weighted by Gasteiger charge is 2.30. The van der Waals surface area contributed by atoms with Gasteiger partial charge in [-0.05, 0) is 38.8 Å². The maximum Gasteiger partial charge on any atom is 0.265 e. The predicted octanol–water partition coefficient (Wildman–Crippen LogP) is 4.23. The number of nitrogens with one attached hydrogen (secondary N) is 1. The Morgan fingerprint density at radius 2 is 2.04 bits per heavy atom. The molecule has 1 aliphatic rings. The van der Waals surface area contributed by atoms with Crippen molar-refractivity contribution in [2.45, 2.75) is 71.9 Å². The summed E-state index contributed by atoms with van der Waals surface area (Å²) in [5.41, 5.74) is 1.11. The SMILES string of the molecule is CCCCCN(C(=O)c1cccc2c1OC(C)C(=O)N2)C(C)CCC. The lowest BCUT2D eigenvalue weighted by Crippen LogP contribution is -2.41. The number of amides is 2. The number of unbranched alkanes of at least 4 members (excludes halogenated alkanes) is 2. The molecule has 0 aromatic heterocycles. The number of fused-ring (bicyclic) bond motifs is 1. The zero-order valence-electron chi connectivity index (χ0n) is 15.8. The first kappa shape index (κ1) is 19.3. The topological polar surface area (TPSA) is 58.6 Å². The molecule has 0 radical (unpaired) electrons. The van der Waals surface area contributed by atoms with E-state index in [1.54, 1.807) is 25.1 Å². The molecule has 2 atom stereocenters. The van der Waals surface area contributed by atoms with Crippen LogP contribution in [0.5, 0.6) is 5.75 Å². The largest absolute Gasteiger partial charge is 0.478 e. The van der Waals surface area contributed by atoms with Crippen molar-refractivity contribution in [1.29, 1.82) is 0 Å². The summed E-state index contributed by atoms with van der Waals surface area (Å²) in [5.74, 6) is 0.289. The number of para-hydroxylation sites is 1. The van der Waals surface area contributed by atoms with E-state index in [1.165, 1.54) is 0 Å². The Labute approximate surface area is 150 Å². The second kappa shape index (κ2) is 8.88. The highest BCUT2D eigenvalue weighted by atomic mass is 16.5. The molecule has 1 aliphatic heterocycles. The number of nitrogens with zero attached hydrogens (tertiary/aromatic N) is 1. The Morgan fingerprint density at radius 3 is 2.72 bits per heavy atom. The molecule has 2 amide bonds. The van der Waals surface area contributed by atoms with Crippen LogP contribution in [0.3, 0.4) is 0 Å². The fraction of sp³-hybridized carbons (Fsp3) is 0.600. The molecule has 1 heterocycles. The Morgan fingerprint density at radius 1 is 1.28 bits per heavy atom. The van der Waals surface area contributed by atoms with Gasteiger partial charge in [0.2, 0.25) is 0 Å². The van der Waals surface area contributed by atoms with E-state index in [9.17, 15) is 9.59 Å². The van der Waals surface area contributed by atoms with Crippen LogP contribution in [0.1, 0.15) is 70.2 Å². The Bertz CT molecular complexity index is 615. The van der Waals surface area contributed by atoms with Crippen molar-refractivity contribution in [2.24, 2.45) is 0 Å². The molecule has 2 unspecified atom stereocenters. The van der Waals surface area contributed by atoms with Crippen molar-refractivity contribution >= 4 is 17.5 Å². The standard InChI is InChI=1S/C20H30N2O3/c1-5-7-8-13-22(14(3)10-6-2)20(24)16-11-9-12-17-18(16)25-15(4)19(23)21-17/h9,11-12,14-15H,5-8,10,13H2,1-4H3,(H,21,23). The molecular weight excluding hydrogens is 316 g/mol. The van der Waals surface area contributed by atoms with Gasteiger partial charge in [0.15, 0.2) is 11.9 Å². The minimum Gasteiger partial charge on any atom is -0.478 e. The zero-order chi connectivity index (χ0) is 18.4. The average Bonchev–Trinajstić information content (AvgIpc) is 2.59. The summed E-state index contributed by atoms with van der Waals surface area (Å²) in [6.45, 7) is 8.84. The molecule has 1 aromatic carbocycles. The third-order valence-electron chi connectivity index (χ3n) is 4.67. The fourth-order valence-corrected chi connectivity index (χ4v) is 3.18. The van der Waals surface area contributed by atoms with E-state index in [0.717, 1.165) is 38.6 Å². The van der Waals surface area contributed by atoms with Crippen LogP contribution in [0.25, 0.3) is 0 Å². The van der Waals surface area contributed by atoms with Crippen LogP contribution in [0, 0.1) is 0 Å². The van der Waals surface area contributed by atoms with Gasteiger partial charge in [0, 0.05) is 12.6 Å². The minimum atomic E-state index is -0.594. The van der Waals surface area contributed by atoms with Crippen LogP contribution in [-0.4, -0.2) is 35.4 Å². The van der Waals surface area contributed by atoms with Crippen LogP contribution < -0.4 is 10.1 Å². The Kier molecular flexibility index (Phi) is 6.85. The first-order valence-corrected chi connectivity index (χ1v) is 9.41. The Hall–Kier alpha value is -2.04. The third kappa shape index (κ3) is 4.53. The van der Waals surface area contributed by atoms with Crippen molar-refractivity contribution in [3.05, 3.63) is 23.8 Å². The molecular formula is C20H30N2O3. The molecule has 0 spiro atoms. The second-order valence-corrected chi connectivity index (χ2v) is 6.77. The molecule has 0 saturated heterocycles. The predicted molar refractivity (Wildman–Crippen MR) is 100 cm³/mol. The molecule has 0 fully saturated rings. The quantitative estimate of drug-likeness (QED) is 0.717. The van der Waals surface area contributed by atoms with Crippen LogP contribution in [0.2, 0.25) is 0 Å². The lowest BCUT2D eigenvalue weighted by Gasteiger charge is -2.31. The first-order chi connectivity index (χ1) is 12.0. The normalized spacial score (nSPS) is 17.3. The average molecular weight is 346 g/mol. The van der Waals surface area contributed by atoms with E-state index in [-0.39, 0.29) is 17.9 Å². The molecule has 0 saturated carbocycles. The van der Waals surface area contributed by atoms with Gasteiger partial charge < -0.3 is 15.0 Å². The van der Waals surface area contributed by atoms with Gasteiger partial charge in [0.05, 0.1) is 11.3 Å². The van der Waals surface area contributed by atoms with Crippen molar-refractivity contribution in [3.8, 4) is 5.75 Å². The van der Waals surface area contributed by atoms with Crippen LogP contribution in [0.4, 0.5) is 5.69 Å². The van der Waals surface area contributed by atoms with E-state index in [4.69, 9.17) is 4.74 Å². The Balaban J connectivity index is 2.29. The maximum absolute atomic E-state index is 13.2. The van der Waals surface area contributed by atoms with E-state index in [1.807, 2.05) is 4.90 Å². The molecule has 0 bridgehead atoms. The maximum atomic E-state index is 13.2. The number of hydrogen-bond acceptors (Lipinski definition) is 3. The summed E-state index contributed by atoms with van der Waals surface area (Å²) in [6.07, 6.45) is 4.65. The molecule has 1 N–H and O–H groups in total. The number of hydrogen-bond donors (Lipinski definition) is 1. The lowest BCUT2D eigenvalue weighted by molar-refractivity contribution is -0.122. The molecule has 1 aromatic rings. The number of ether oxygens (including phenoxy) is 1. The monoisotopic (exact) mass is 346 g/mol. The number of carbonyl (C=O) groups excluding carboxylic acids is 2. The number of benzene rings is 1. The van der Waals surface area contributed by atoms with Gasteiger partial charge >= 0.3 is 0 Å². The number of rotatable bonds is 8. The van der Waals surface area contributed by atoms with Gasteiger partial charge in [-0.25, -0.2) is 0 Å².